The Hall–Kier alpha value is -0.410. The minimum atomic E-state index is 0.568. The molecule has 1 saturated heterocycles. The third-order valence-corrected chi connectivity index (χ3v) is 3.74. The Kier molecular flexibility index (Phi) is 3.76. The lowest BCUT2D eigenvalue weighted by molar-refractivity contribution is 0.834. The molecule has 4 heteroatoms. The van der Waals surface area contributed by atoms with Gasteiger partial charge < -0.3 is 4.90 Å². The van der Waals surface area contributed by atoms with E-state index in [-0.39, 0.29) is 0 Å². The lowest BCUT2D eigenvalue weighted by atomic mass is 10.2. The summed E-state index contributed by atoms with van der Waals surface area (Å²) in [5, 5.41) is 0. The van der Waals surface area contributed by atoms with Crippen molar-refractivity contribution in [2.24, 2.45) is 0 Å². The van der Waals surface area contributed by atoms with Crippen LogP contribution in [0.5, 0.6) is 0 Å². The molecule has 1 aliphatic heterocycles. The number of pyridine rings is 1. The highest BCUT2D eigenvalue weighted by molar-refractivity contribution is 7.99. The second-order valence-corrected chi connectivity index (χ2v) is 5.20. The molecule has 1 fully saturated rings. The van der Waals surface area contributed by atoms with E-state index in [1.165, 1.54) is 11.5 Å². The number of aromatic nitrogens is 1. The van der Waals surface area contributed by atoms with Crippen LogP contribution >= 0.6 is 23.4 Å². The molecule has 0 aromatic carbocycles. The summed E-state index contributed by atoms with van der Waals surface area (Å²) in [6, 6.07) is 4.16. The molecule has 2 rings (SSSR count). The summed E-state index contributed by atoms with van der Waals surface area (Å²) in [4.78, 5) is 6.91. The van der Waals surface area contributed by atoms with Gasteiger partial charge in [-0.25, -0.2) is 4.98 Å². The second-order valence-electron chi connectivity index (χ2n) is 3.71. The first-order valence-corrected chi connectivity index (χ1v) is 6.85. The summed E-state index contributed by atoms with van der Waals surface area (Å²) in [6.45, 7) is 4.23. The molecule has 0 N–H and O–H groups in total. The van der Waals surface area contributed by atoms with Gasteiger partial charge in [0.1, 0.15) is 5.82 Å². The zero-order valence-electron chi connectivity index (χ0n) is 8.87. The maximum Gasteiger partial charge on any atom is 0.129 e. The largest absolute Gasteiger partial charge is 0.355 e. The van der Waals surface area contributed by atoms with Crippen molar-refractivity contribution in [2.45, 2.75) is 12.8 Å². The molecule has 1 aromatic rings. The van der Waals surface area contributed by atoms with Gasteiger partial charge in [-0.2, -0.15) is 11.8 Å². The molecule has 0 aliphatic carbocycles. The number of nitrogens with zero attached hydrogens (tertiary/aromatic N) is 2. The van der Waals surface area contributed by atoms with E-state index in [4.69, 9.17) is 11.6 Å². The van der Waals surface area contributed by atoms with E-state index < -0.39 is 0 Å². The van der Waals surface area contributed by atoms with E-state index in [0.717, 1.165) is 30.2 Å². The molecule has 0 unspecified atom stereocenters. The van der Waals surface area contributed by atoms with Crippen molar-refractivity contribution in [1.29, 1.82) is 0 Å². The van der Waals surface area contributed by atoms with Crippen LogP contribution in [0.15, 0.2) is 12.1 Å². The van der Waals surface area contributed by atoms with Gasteiger partial charge in [-0.1, -0.05) is 0 Å². The van der Waals surface area contributed by atoms with Crippen molar-refractivity contribution < 1.29 is 0 Å². The van der Waals surface area contributed by atoms with Gasteiger partial charge in [-0.05, 0) is 24.6 Å². The highest BCUT2D eigenvalue weighted by Crippen LogP contribution is 2.20. The number of thioether (sulfide) groups is 1. The zero-order valence-corrected chi connectivity index (χ0v) is 10.4. The SMILES string of the molecule is Cc1cc(CCl)cc(N2CCSCC2)n1. The molecule has 82 valence electrons. The number of aryl methyl sites for hydroxylation is 1. The minimum absolute atomic E-state index is 0.568. The summed E-state index contributed by atoms with van der Waals surface area (Å²) in [7, 11) is 0. The first-order chi connectivity index (χ1) is 7.29. The van der Waals surface area contributed by atoms with Crippen LogP contribution in [0.2, 0.25) is 0 Å². The predicted octanol–water partition coefficient (Wildman–Crippen LogP) is 2.68. The highest BCUT2D eigenvalue weighted by atomic mass is 35.5. The molecular formula is C11H15ClN2S. The molecule has 15 heavy (non-hydrogen) atoms. The van der Waals surface area contributed by atoms with E-state index in [1.54, 1.807) is 0 Å². The summed E-state index contributed by atoms with van der Waals surface area (Å²) in [6.07, 6.45) is 0. The molecule has 0 radical (unpaired) electrons. The third kappa shape index (κ3) is 2.79. The monoisotopic (exact) mass is 242 g/mol. The normalized spacial score (nSPS) is 16.8. The Morgan fingerprint density at radius 2 is 2.13 bits per heavy atom. The molecule has 1 aromatic heterocycles. The van der Waals surface area contributed by atoms with Gasteiger partial charge in [-0.15, -0.1) is 11.6 Å². The number of hydrogen-bond donors (Lipinski definition) is 0. The molecule has 1 aliphatic rings. The fraction of sp³-hybridized carbons (Fsp3) is 0.545. The van der Waals surface area contributed by atoms with Crippen LogP contribution in [0.1, 0.15) is 11.3 Å². The van der Waals surface area contributed by atoms with Crippen molar-refractivity contribution in [3.63, 3.8) is 0 Å². The predicted molar refractivity (Wildman–Crippen MR) is 68.1 cm³/mol. The Balaban J connectivity index is 2.22. The number of anilines is 1. The van der Waals surface area contributed by atoms with Gasteiger partial charge in [0.2, 0.25) is 0 Å². The van der Waals surface area contributed by atoms with Crippen LogP contribution < -0.4 is 4.90 Å². The Labute approximate surface area is 100 Å². The first-order valence-electron chi connectivity index (χ1n) is 5.16. The Bertz CT molecular complexity index is 337. The molecule has 2 nitrogen and oxygen atoms in total. The van der Waals surface area contributed by atoms with Crippen molar-refractivity contribution in [2.75, 3.05) is 29.5 Å². The summed E-state index contributed by atoms with van der Waals surface area (Å²) in [5.74, 6) is 4.06. The fourth-order valence-corrected chi connectivity index (χ4v) is 2.81. The second kappa shape index (κ2) is 5.08. The van der Waals surface area contributed by atoms with Crippen molar-refractivity contribution in [3.05, 3.63) is 23.4 Å². The molecule has 0 atom stereocenters. The zero-order chi connectivity index (χ0) is 10.7. The van der Waals surface area contributed by atoms with Gasteiger partial charge in [0.15, 0.2) is 0 Å². The van der Waals surface area contributed by atoms with Crippen molar-refractivity contribution in [3.8, 4) is 0 Å². The standard InChI is InChI=1S/C11H15ClN2S/c1-9-6-10(8-12)7-11(13-9)14-2-4-15-5-3-14/h6-7H,2-5,8H2,1H3. The van der Waals surface area contributed by atoms with Crippen LogP contribution in [0.3, 0.4) is 0 Å². The van der Waals surface area contributed by atoms with E-state index in [1.807, 2.05) is 18.7 Å². The van der Waals surface area contributed by atoms with Gasteiger partial charge in [0.25, 0.3) is 0 Å². The number of alkyl halides is 1. The smallest absolute Gasteiger partial charge is 0.129 e. The van der Waals surface area contributed by atoms with Gasteiger partial charge in [0, 0.05) is 36.2 Å². The average Bonchev–Trinajstić information content (AvgIpc) is 2.29. The third-order valence-electron chi connectivity index (χ3n) is 2.49. The molecule has 0 saturated carbocycles. The van der Waals surface area contributed by atoms with Crippen LogP contribution in [0.4, 0.5) is 5.82 Å². The fourth-order valence-electron chi connectivity index (χ4n) is 1.75. The minimum Gasteiger partial charge on any atom is -0.355 e. The Morgan fingerprint density at radius 1 is 1.40 bits per heavy atom. The van der Waals surface area contributed by atoms with Crippen LogP contribution in [-0.2, 0) is 5.88 Å². The first kappa shape index (κ1) is 11.1. The lowest BCUT2D eigenvalue weighted by Crippen LogP contribution is -2.33. The van der Waals surface area contributed by atoms with E-state index in [2.05, 4.69) is 22.0 Å². The van der Waals surface area contributed by atoms with E-state index in [9.17, 15) is 0 Å². The maximum atomic E-state index is 5.86. The maximum absolute atomic E-state index is 5.86. The number of hydrogen-bond acceptors (Lipinski definition) is 3. The lowest BCUT2D eigenvalue weighted by Gasteiger charge is -2.27. The molecule has 0 spiro atoms. The van der Waals surface area contributed by atoms with Gasteiger partial charge in [-0.3, -0.25) is 0 Å². The van der Waals surface area contributed by atoms with Crippen molar-refractivity contribution in [1.82, 2.24) is 4.98 Å². The molecular weight excluding hydrogens is 228 g/mol. The van der Waals surface area contributed by atoms with Gasteiger partial charge >= 0.3 is 0 Å². The van der Waals surface area contributed by atoms with Crippen LogP contribution in [-0.4, -0.2) is 29.6 Å². The average molecular weight is 243 g/mol. The topological polar surface area (TPSA) is 16.1 Å². The summed E-state index contributed by atoms with van der Waals surface area (Å²) in [5.41, 5.74) is 2.22. The van der Waals surface area contributed by atoms with Crippen LogP contribution in [0, 0.1) is 6.92 Å². The van der Waals surface area contributed by atoms with Crippen molar-refractivity contribution >= 4 is 29.2 Å². The molecule has 2 heterocycles. The molecule has 0 amide bonds. The number of rotatable bonds is 2. The molecule has 0 bridgehead atoms. The summed E-state index contributed by atoms with van der Waals surface area (Å²) >= 11 is 7.87. The van der Waals surface area contributed by atoms with E-state index in [0.29, 0.717) is 5.88 Å². The quantitative estimate of drug-likeness (QED) is 0.742. The Morgan fingerprint density at radius 3 is 2.80 bits per heavy atom. The highest BCUT2D eigenvalue weighted by Gasteiger charge is 2.12. The number of halogens is 1. The summed E-state index contributed by atoms with van der Waals surface area (Å²) < 4.78 is 0. The van der Waals surface area contributed by atoms with E-state index >= 15 is 0 Å². The van der Waals surface area contributed by atoms with Gasteiger partial charge in [0.05, 0.1) is 0 Å². The van der Waals surface area contributed by atoms with Crippen LogP contribution in [0.25, 0.3) is 0 Å².